The molecule has 0 fully saturated rings. The van der Waals surface area contributed by atoms with Crippen LogP contribution >= 0.6 is 15.9 Å². The van der Waals surface area contributed by atoms with Gasteiger partial charge in [0.25, 0.3) is 0 Å². The summed E-state index contributed by atoms with van der Waals surface area (Å²) in [5.74, 6) is 1.51. The third-order valence-electron chi connectivity index (χ3n) is 2.54. The maximum Gasteiger partial charge on any atom is 0.175 e. The number of methoxy groups -OCH3 is 1. The van der Waals surface area contributed by atoms with E-state index in [0.29, 0.717) is 26.4 Å². The molecule has 2 N–H and O–H groups in total. The minimum absolute atomic E-state index is 0.600. The van der Waals surface area contributed by atoms with E-state index in [9.17, 15) is 0 Å². The number of halogens is 1. The quantitative estimate of drug-likeness (QED) is 0.707. The van der Waals surface area contributed by atoms with Gasteiger partial charge in [-0.3, -0.25) is 0 Å². The Balaban J connectivity index is 2.81. The summed E-state index contributed by atoms with van der Waals surface area (Å²) in [4.78, 5) is 0. The highest BCUT2D eigenvalue weighted by atomic mass is 79.9. The molecule has 0 radical (unpaired) electrons. The molecule has 4 nitrogen and oxygen atoms in total. The standard InChI is InChI=1S/C14H22BrNO3/c1-3-18-13-10-11(5-6-16)9-12(15)14(13)19-8-4-7-17-2/h9-10H,3-8,16H2,1-2H3. The summed E-state index contributed by atoms with van der Waals surface area (Å²) in [6.07, 6.45) is 1.67. The Hall–Kier alpha value is -0.780. The van der Waals surface area contributed by atoms with Gasteiger partial charge in [-0.05, 0) is 53.5 Å². The van der Waals surface area contributed by atoms with Crippen LogP contribution in [0.4, 0.5) is 0 Å². The van der Waals surface area contributed by atoms with Crippen LogP contribution in [0, 0.1) is 0 Å². The van der Waals surface area contributed by atoms with Crippen LogP contribution in [-0.2, 0) is 11.2 Å². The van der Waals surface area contributed by atoms with Crippen molar-refractivity contribution in [2.45, 2.75) is 19.8 Å². The average Bonchev–Trinajstić information content (AvgIpc) is 2.38. The van der Waals surface area contributed by atoms with Gasteiger partial charge < -0.3 is 19.9 Å². The zero-order valence-electron chi connectivity index (χ0n) is 11.6. The SMILES string of the molecule is CCOc1cc(CCN)cc(Br)c1OCCCOC. The summed E-state index contributed by atoms with van der Waals surface area (Å²) in [6, 6.07) is 4.02. The van der Waals surface area contributed by atoms with Crippen LogP contribution in [0.3, 0.4) is 0 Å². The fourth-order valence-corrected chi connectivity index (χ4v) is 2.32. The van der Waals surface area contributed by atoms with E-state index in [1.807, 2.05) is 19.1 Å². The number of ether oxygens (including phenoxy) is 3. The second-order valence-corrected chi connectivity index (χ2v) is 4.93. The normalized spacial score (nSPS) is 10.5. The predicted molar refractivity (Wildman–Crippen MR) is 80.1 cm³/mol. The Morgan fingerprint density at radius 2 is 2.00 bits per heavy atom. The summed E-state index contributed by atoms with van der Waals surface area (Å²) in [5, 5.41) is 0. The number of rotatable bonds is 9. The van der Waals surface area contributed by atoms with Gasteiger partial charge in [0.05, 0.1) is 17.7 Å². The van der Waals surface area contributed by atoms with Gasteiger partial charge in [-0.1, -0.05) is 0 Å². The number of hydrogen-bond donors (Lipinski definition) is 1. The average molecular weight is 332 g/mol. The Labute approximate surface area is 123 Å². The first kappa shape index (κ1) is 16.3. The van der Waals surface area contributed by atoms with E-state index in [4.69, 9.17) is 19.9 Å². The zero-order valence-corrected chi connectivity index (χ0v) is 13.2. The zero-order chi connectivity index (χ0) is 14.1. The van der Waals surface area contributed by atoms with Gasteiger partial charge in [0.1, 0.15) is 0 Å². The lowest BCUT2D eigenvalue weighted by molar-refractivity contribution is 0.169. The van der Waals surface area contributed by atoms with Gasteiger partial charge in [-0.15, -0.1) is 0 Å². The molecule has 0 spiro atoms. The summed E-state index contributed by atoms with van der Waals surface area (Å²) < 4.78 is 17.3. The van der Waals surface area contributed by atoms with Crippen LogP contribution in [0.15, 0.2) is 16.6 Å². The molecule has 0 atom stereocenters. The highest BCUT2D eigenvalue weighted by Gasteiger charge is 2.12. The Morgan fingerprint density at radius 1 is 1.21 bits per heavy atom. The first-order valence-corrected chi connectivity index (χ1v) is 7.29. The minimum atomic E-state index is 0.600. The van der Waals surface area contributed by atoms with E-state index < -0.39 is 0 Å². The minimum Gasteiger partial charge on any atom is -0.490 e. The lowest BCUT2D eigenvalue weighted by Gasteiger charge is -2.15. The number of benzene rings is 1. The third-order valence-corrected chi connectivity index (χ3v) is 3.13. The van der Waals surface area contributed by atoms with E-state index in [-0.39, 0.29) is 0 Å². The van der Waals surface area contributed by atoms with E-state index in [0.717, 1.165) is 34.4 Å². The van der Waals surface area contributed by atoms with Crippen molar-refractivity contribution in [3.63, 3.8) is 0 Å². The summed E-state index contributed by atoms with van der Waals surface area (Å²) in [5.41, 5.74) is 6.73. The lowest BCUT2D eigenvalue weighted by Crippen LogP contribution is -2.06. The lowest BCUT2D eigenvalue weighted by atomic mass is 10.1. The molecule has 0 aliphatic heterocycles. The van der Waals surface area contributed by atoms with E-state index >= 15 is 0 Å². The van der Waals surface area contributed by atoms with Gasteiger partial charge >= 0.3 is 0 Å². The van der Waals surface area contributed by atoms with Gasteiger partial charge in [0, 0.05) is 20.1 Å². The van der Waals surface area contributed by atoms with Crippen molar-refractivity contribution in [1.29, 1.82) is 0 Å². The van der Waals surface area contributed by atoms with Crippen molar-refractivity contribution >= 4 is 15.9 Å². The summed E-state index contributed by atoms with van der Waals surface area (Å²) >= 11 is 3.53. The molecule has 0 unspecified atom stereocenters. The number of nitrogens with two attached hydrogens (primary N) is 1. The highest BCUT2D eigenvalue weighted by Crippen LogP contribution is 2.37. The molecule has 0 aliphatic rings. The van der Waals surface area contributed by atoms with E-state index in [2.05, 4.69) is 15.9 Å². The maximum atomic E-state index is 5.77. The van der Waals surface area contributed by atoms with Crippen LogP contribution in [-0.4, -0.2) is 33.5 Å². The number of hydrogen-bond acceptors (Lipinski definition) is 4. The van der Waals surface area contributed by atoms with Gasteiger partial charge in [0.2, 0.25) is 0 Å². The van der Waals surface area contributed by atoms with Crippen molar-refractivity contribution in [1.82, 2.24) is 0 Å². The maximum absolute atomic E-state index is 5.77. The second-order valence-electron chi connectivity index (χ2n) is 4.07. The smallest absolute Gasteiger partial charge is 0.175 e. The molecule has 19 heavy (non-hydrogen) atoms. The van der Waals surface area contributed by atoms with Gasteiger partial charge in [-0.25, -0.2) is 0 Å². The van der Waals surface area contributed by atoms with Gasteiger partial charge in [0.15, 0.2) is 11.5 Å². The Morgan fingerprint density at radius 3 is 2.63 bits per heavy atom. The first-order chi connectivity index (χ1) is 9.22. The molecule has 0 saturated carbocycles. The van der Waals surface area contributed by atoms with Crippen LogP contribution < -0.4 is 15.2 Å². The monoisotopic (exact) mass is 331 g/mol. The molecule has 0 amide bonds. The molecule has 5 heteroatoms. The van der Waals surface area contributed by atoms with Crippen molar-refractivity contribution in [2.75, 3.05) is 33.5 Å². The molecular formula is C14H22BrNO3. The summed E-state index contributed by atoms with van der Waals surface area (Å²) in [6.45, 7) is 4.47. The molecule has 0 aromatic heterocycles. The molecule has 0 heterocycles. The second kappa shape index (κ2) is 9.18. The topological polar surface area (TPSA) is 53.7 Å². The highest BCUT2D eigenvalue weighted by molar-refractivity contribution is 9.10. The summed E-state index contributed by atoms with van der Waals surface area (Å²) in [7, 11) is 1.68. The third kappa shape index (κ3) is 5.38. The fraction of sp³-hybridized carbons (Fsp3) is 0.571. The van der Waals surface area contributed by atoms with Crippen molar-refractivity contribution in [3.8, 4) is 11.5 Å². The van der Waals surface area contributed by atoms with E-state index in [1.54, 1.807) is 7.11 Å². The van der Waals surface area contributed by atoms with Crippen LogP contribution in [0.25, 0.3) is 0 Å². The van der Waals surface area contributed by atoms with Crippen molar-refractivity contribution in [2.24, 2.45) is 5.73 Å². The molecule has 0 aliphatic carbocycles. The molecule has 0 saturated heterocycles. The Bertz CT molecular complexity index is 385. The van der Waals surface area contributed by atoms with E-state index in [1.165, 1.54) is 0 Å². The molecule has 1 aromatic rings. The largest absolute Gasteiger partial charge is 0.490 e. The molecule has 108 valence electrons. The predicted octanol–water partition coefficient (Wildman–Crippen LogP) is 2.76. The van der Waals surface area contributed by atoms with Crippen LogP contribution in [0.2, 0.25) is 0 Å². The van der Waals surface area contributed by atoms with Gasteiger partial charge in [-0.2, -0.15) is 0 Å². The first-order valence-electron chi connectivity index (χ1n) is 6.50. The molecular weight excluding hydrogens is 310 g/mol. The fourth-order valence-electron chi connectivity index (χ4n) is 1.71. The van der Waals surface area contributed by atoms with Crippen LogP contribution in [0.5, 0.6) is 11.5 Å². The Kier molecular flexibility index (Phi) is 7.86. The molecule has 0 bridgehead atoms. The van der Waals surface area contributed by atoms with Crippen molar-refractivity contribution < 1.29 is 14.2 Å². The van der Waals surface area contributed by atoms with Crippen LogP contribution in [0.1, 0.15) is 18.9 Å². The molecule has 1 rings (SSSR count). The molecule has 1 aromatic carbocycles. The van der Waals surface area contributed by atoms with Crippen molar-refractivity contribution in [3.05, 3.63) is 22.2 Å².